The summed E-state index contributed by atoms with van der Waals surface area (Å²) in [6, 6.07) is 9.37. The largest absolute Gasteiger partial charge is 0.367 e. The van der Waals surface area contributed by atoms with E-state index < -0.39 is 0 Å². The number of benzene rings is 1. The van der Waals surface area contributed by atoms with Gasteiger partial charge in [0, 0.05) is 37.4 Å². The maximum Gasteiger partial charge on any atom is 0.292 e. The van der Waals surface area contributed by atoms with E-state index in [2.05, 4.69) is 20.2 Å². The Morgan fingerprint density at radius 1 is 1.23 bits per heavy atom. The molecule has 0 saturated carbocycles. The monoisotopic (exact) mass is 444 g/mol. The number of halogens is 2. The first-order valence-corrected chi connectivity index (χ1v) is 10.5. The first-order valence-electron chi connectivity index (χ1n) is 9.75. The molecule has 1 unspecified atom stereocenters. The highest BCUT2D eigenvalue weighted by molar-refractivity contribution is 6.33. The molecule has 0 amide bonds. The standard InChI is InChI=1S/C21H22Cl2N6O/c1-14-7-8-15(11-17(14)22)29-21(30)20(23)18(12-25-29)27(2)16-5-4-10-28(13-16)19-6-3-9-24-26-19/h3,6-9,11-12,16H,4-5,10,13H2,1-2H3. The zero-order valence-electron chi connectivity index (χ0n) is 16.8. The summed E-state index contributed by atoms with van der Waals surface area (Å²) in [5.74, 6) is 0.853. The molecule has 7 nitrogen and oxygen atoms in total. The normalized spacial score (nSPS) is 16.5. The van der Waals surface area contributed by atoms with Gasteiger partial charge in [-0.3, -0.25) is 4.79 Å². The fourth-order valence-electron chi connectivity index (χ4n) is 3.71. The van der Waals surface area contributed by atoms with Crippen molar-refractivity contribution in [3.63, 3.8) is 0 Å². The van der Waals surface area contributed by atoms with Crippen LogP contribution in [0.1, 0.15) is 18.4 Å². The lowest BCUT2D eigenvalue weighted by atomic mass is 10.0. The summed E-state index contributed by atoms with van der Waals surface area (Å²) in [7, 11) is 1.94. The van der Waals surface area contributed by atoms with Gasteiger partial charge in [-0.05, 0) is 49.6 Å². The summed E-state index contributed by atoms with van der Waals surface area (Å²) < 4.78 is 1.28. The zero-order valence-corrected chi connectivity index (χ0v) is 18.3. The van der Waals surface area contributed by atoms with E-state index in [0.717, 1.165) is 37.3 Å². The van der Waals surface area contributed by atoms with Gasteiger partial charge < -0.3 is 9.80 Å². The van der Waals surface area contributed by atoms with Crippen LogP contribution in [0, 0.1) is 6.92 Å². The van der Waals surface area contributed by atoms with Gasteiger partial charge in [-0.1, -0.05) is 29.3 Å². The second-order valence-corrected chi connectivity index (χ2v) is 8.21. The van der Waals surface area contributed by atoms with Gasteiger partial charge in [0.15, 0.2) is 5.82 Å². The molecule has 0 aliphatic carbocycles. The van der Waals surface area contributed by atoms with Crippen LogP contribution in [-0.4, -0.2) is 46.2 Å². The van der Waals surface area contributed by atoms with Crippen molar-refractivity contribution in [1.29, 1.82) is 0 Å². The van der Waals surface area contributed by atoms with Gasteiger partial charge in [0.1, 0.15) is 5.02 Å². The van der Waals surface area contributed by atoms with E-state index in [0.29, 0.717) is 16.4 Å². The summed E-state index contributed by atoms with van der Waals surface area (Å²) in [5.41, 5.74) is 1.75. The van der Waals surface area contributed by atoms with Crippen molar-refractivity contribution in [3.05, 3.63) is 68.7 Å². The number of likely N-dealkylation sites (N-methyl/N-ethyl adjacent to an activating group) is 1. The van der Waals surface area contributed by atoms with E-state index in [1.54, 1.807) is 24.5 Å². The van der Waals surface area contributed by atoms with Gasteiger partial charge in [-0.15, -0.1) is 5.10 Å². The van der Waals surface area contributed by atoms with Crippen molar-refractivity contribution in [2.75, 3.05) is 29.9 Å². The van der Waals surface area contributed by atoms with Crippen molar-refractivity contribution in [2.45, 2.75) is 25.8 Å². The minimum absolute atomic E-state index is 0.140. The summed E-state index contributed by atoms with van der Waals surface area (Å²) in [5, 5.41) is 13.3. The maximum absolute atomic E-state index is 12.9. The fourth-order valence-corrected chi connectivity index (χ4v) is 4.14. The third-order valence-corrected chi connectivity index (χ3v) is 6.27. The molecule has 9 heteroatoms. The third kappa shape index (κ3) is 4.00. The van der Waals surface area contributed by atoms with Gasteiger partial charge in [-0.2, -0.15) is 14.9 Å². The lowest BCUT2D eigenvalue weighted by Crippen LogP contribution is -2.47. The molecule has 1 saturated heterocycles. The van der Waals surface area contributed by atoms with Crippen LogP contribution in [0.15, 0.2) is 47.5 Å². The molecule has 156 valence electrons. The highest BCUT2D eigenvalue weighted by Gasteiger charge is 2.26. The van der Waals surface area contributed by atoms with Crippen LogP contribution < -0.4 is 15.4 Å². The SMILES string of the molecule is Cc1ccc(-n2ncc(N(C)C3CCCN(c4cccnn4)C3)c(Cl)c2=O)cc1Cl. The highest BCUT2D eigenvalue weighted by atomic mass is 35.5. The Morgan fingerprint density at radius 2 is 2.07 bits per heavy atom. The lowest BCUT2D eigenvalue weighted by Gasteiger charge is -2.39. The van der Waals surface area contributed by atoms with Crippen LogP contribution >= 0.6 is 23.2 Å². The molecule has 1 atom stereocenters. The van der Waals surface area contributed by atoms with Crippen molar-refractivity contribution in [2.24, 2.45) is 0 Å². The number of hydrogen-bond donors (Lipinski definition) is 0. The molecule has 4 rings (SSSR count). The van der Waals surface area contributed by atoms with Crippen LogP contribution in [0.4, 0.5) is 11.5 Å². The van der Waals surface area contributed by atoms with Crippen LogP contribution in [0.5, 0.6) is 0 Å². The van der Waals surface area contributed by atoms with Crippen molar-refractivity contribution >= 4 is 34.7 Å². The van der Waals surface area contributed by atoms with E-state index in [4.69, 9.17) is 23.2 Å². The number of aryl methyl sites for hydroxylation is 1. The number of rotatable bonds is 4. The van der Waals surface area contributed by atoms with Crippen LogP contribution in [0.2, 0.25) is 10.0 Å². The predicted octanol–water partition coefficient (Wildman–Crippen LogP) is 3.74. The molecule has 0 radical (unpaired) electrons. The van der Waals surface area contributed by atoms with E-state index in [1.165, 1.54) is 4.68 Å². The first kappa shape index (κ1) is 20.6. The minimum Gasteiger partial charge on any atom is -0.367 e. The van der Waals surface area contributed by atoms with Crippen LogP contribution in [0.25, 0.3) is 5.69 Å². The Morgan fingerprint density at radius 3 is 2.80 bits per heavy atom. The zero-order chi connectivity index (χ0) is 21.3. The van der Waals surface area contributed by atoms with Crippen molar-refractivity contribution < 1.29 is 0 Å². The fraction of sp³-hybridized carbons (Fsp3) is 0.333. The first-order chi connectivity index (χ1) is 14.5. The molecular formula is C21H22Cl2N6O. The predicted molar refractivity (Wildman–Crippen MR) is 120 cm³/mol. The minimum atomic E-state index is -0.373. The quantitative estimate of drug-likeness (QED) is 0.610. The Hall–Kier alpha value is -2.64. The topological polar surface area (TPSA) is 67.2 Å². The molecule has 1 aromatic carbocycles. The van der Waals surface area contributed by atoms with Crippen LogP contribution in [0.3, 0.4) is 0 Å². The third-order valence-electron chi connectivity index (χ3n) is 5.51. The molecule has 3 aromatic rings. The number of nitrogens with zero attached hydrogens (tertiary/aromatic N) is 6. The highest BCUT2D eigenvalue weighted by Crippen LogP contribution is 2.27. The molecule has 1 aliphatic rings. The van der Waals surface area contributed by atoms with E-state index in [9.17, 15) is 4.79 Å². The molecule has 1 fully saturated rings. The number of hydrogen-bond acceptors (Lipinski definition) is 6. The second kappa shape index (κ2) is 8.62. The Bertz CT molecular complexity index is 1100. The van der Waals surface area contributed by atoms with Gasteiger partial charge in [-0.25, -0.2) is 0 Å². The molecule has 0 bridgehead atoms. The van der Waals surface area contributed by atoms with Crippen molar-refractivity contribution in [3.8, 4) is 5.69 Å². The lowest BCUT2D eigenvalue weighted by molar-refractivity contribution is 0.484. The molecular weight excluding hydrogens is 423 g/mol. The van der Waals surface area contributed by atoms with Gasteiger partial charge in [0.05, 0.1) is 17.6 Å². The molecule has 0 spiro atoms. The molecule has 30 heavy (non-hydrogen) atoms. The summed E-state index contributed by atoms with van der Waals surface area (Å²) in [4.78, 5) is 17.2. The Balaban J connectivity index is 1.60. The summed E-state index contributed by atoms with van der Waals surface area (Å²) >= 11 is 12.7. The van der Waals surface area contributed by atoms with E-state index >= 15 is 0 Å². The maximum atomic E-state index is 12.9. The second-order valence-electron chi connectivity index (χ2n) is 7.43. The summed E-state index contributed by atoms with van der Waals surface area (Å²) in [6.45, 7) is 3.59. The Labute approximate surface area is 184 Å². The van der Waals surface area contributed by atoms with Crippen LogP contribution in [-0.2, 0) is 0 Å². The number of piperidine rings is 1. The average Bonchev–Trinajstić information content (AvgIpc) is 2.78. The smallest absolute Gasteiger partial charge is 0.292 e. The average molecular weight is 445 g/mol. The molecule has 2 aromatic heterocycles. The molecule has 0 N–H and O–H groups in total. The molecule has 1 aliphatic heterocycles. The van der Waals surface area contributed by atoms with Gasteiger partial charge in [0.2, 0.25) is 0 Å². The van der Waals surface area contributed by atoms with E-state index in [-0.39, 0.29) is 16.6 Å². The van der Waals surface area contributed by atoms with Crippen molar-refractivity contribution in [1.82, 2.24) is 20.0 Å². The number of aromatic nitrogens is 4. The van der Waals surface area contributed by atoms with Gasteiger partial charge in [0.25, 0.3) is 5.56 Å². The summed E-state index contributed by atoms with van der Waals surface area (Å²) in [6.07, 6.45) is 5.30. The molecule has 3 heterocycles. The Kier molecular flexibility index (Phi) is 5.92. The van der Waals surface area contributed by atoms with E-state index in [1.807, 2.05) is 37.1 Å². The van der Waals surface area contributed by atoms with Gasteiger partial charge >= 0.3 is 0 Å². The number of anilines is 2.